The lowest BCUT2D eigenvalue weighted by atomic mass is 9.89. The lowest BCUT2D eigenvalue weighted by molar-refractivity contribution is 0.345. The van der Waals surface area contributed by atoms with Gasteiger partial charge in [0.2, 0.25) is 0 Å². The average Bonchev–Trinajstić information content (AvgIpc) is 3.11. The fourth-order valence-corrected chi connectivity index (χ4v) is 3.78. The Morgan fingerprint density at radius 3 is 2.88 bits per heavy atom. The second-order valence-corrected chi connectivity index (χ2v) is 7.03. The molecule has 1 saturated carbocycles. The first-order valence-corrected chi connectivity index (χ1v) is 9.16. The van der Waals surface area contributed by atoms with Gasteiger partial charge in [-0.2, -0.15) is 0 Å². The van der Waals surface area contributed by atoms with Crippen molar-refractivity contribution in [3.63, 3.8) is 0 Å². The summed E-state index contributed by atoms with van der Waals surface area (Å²) >= 11 is 0. The van der Waals surface area contributed by atoms with Crippen LogP contribution in [0.2, 0.25) is 0 Å². The zero-order valence-corrected chi connectivity index (χ0v) is 14.1. The van der Waals surface area contributed by atoms with E-state index in [9.17, 15) is 0 Å². The molecule has 1 aromatic carbocycles. The number of H-pyrrole nitrogens is 1. The van der Waals surface area contributed by atoms with Crippen molar-refractivity contribution in [2.24, 2.45) is 5.92 Å². The van der Waals surface area contributed by atoms with E-state index < -0.39 is 0 Å². The molecule has 0 saturated heterocycles. The van der Waals surface area contributed by atoms with Gasteiger partial charge < -0.3 is 15.6 Å². The summed E-state index contributed by atoms with van der Waals surface area (Å²) in [5.74, 6) is 0.891. The van der Waals surface area contributed by atoms with Crippen LogP contribution in [0.1, 0.15) is 37.7 Å². The molecule has 0 spiro atoms. The highest BCUT2D eigenvalue weighted by Crippen LogP contribution is 2.23. The van der Waals surface area contributed by atoms with Gasteiger partial charge in [-0.1, -0.05) is 31.4 Å². The molecule has 0 radical (unpaired) electrons. The lowest BCUT2D eigenvalue weighted by Gasteiger charge is -2.23. The lowest BCUT2D eigenvalue weighted by Crippen LogP contribution is -2.30. The van der Waals surface area contributed by atoms with Gasteiger partial charge in [0.15, 0.2) is 0 Å². The summed E-state index contributed by atoms with van der Waals surface area (Å²) in [6.07, 6.45) is 13.3. The molecule has 4 nitrogen and oxygen atoms in total. The molecule has 1 aliphatic carbocycles. The topological polar surface area (TPSA) is 52.7 Å². The highest BCUT2D eigenvalue weighted by Gasteiger charge is 2.13. The van der Waals surface area contributed by atoms with Crippen LogP contribution >= 0.6 is 0 Å². The Morgan fingerprint density at radius 1 is 1.12 bits per heavy atom. The number of nitrogens with one attached hydrogen (secondary N) is 3. The molecular weight excluding hydrogens is 296 g/mol. The standard InChI is InChI=1S/C20H26N4/c1-2-4-15(5-3-1)11-21-12-16-6-8-18(22-13-16)17-7-9-19-20(10-17)24-14-23-19/h6-10,14-15,21-22H,1-5,11-13H2,(H,23,24). The molecule has 1 aliphatic heterocycles. The van der Waals surface area contributed by atoms with E-state index in [0.717, 1.165) is 30.0 Å². The number of benzene rings is 1. The maximum atomic E-state index is 4.34. The monoisotopic (exact) mass is 322 g/mol. The van der Waals surface area contributed by atoms with Crippen molar-refractivity contribution in [2.75, 3.05) is 19.6 Å². The van der Waals surface area contributed by atoms with E-state index in [1.54, 1.807) is 6.33 Å². The third kappa shape index (κ3) is 3.54. The van der Waals surface area contributed by atoms with Gasteiger partial charge in [0.05, 0.1) is 17.4 Å². The summed E-state index contributed by atoms with van der Waals surface area (Å²) in [6.45, 7) is 3.08. The third-order valence-corrected chi connectivity index (χ3v) is 5.23. The highest BCUT2D eigenvalue weighted by atomic mass is 14.9. The van der Waals surface area contributed by atoms with Crippen LogP contribution in [-0.4, -0.2) is 29.6 Å². The molecule has 1 aromatic heterocycles. The van der Waals surface area contributed by atoms with Crippen molar-refractivity contribution in [2.45, 2.75) is 32.1 Å². The van der Waals surface area contributed by atoms with Crippen molar-refractivity contribution >= 4 is 16.7 Å². The van der Waals surface area contributed by atoms with Gasteiger partial charge in [0.25, 0.3) is 0 Å². The Morgan fingerprint density at radius 2 is 2.04 bits per heavy atom. The zero-order valence-electron chi connectivity index (χ0n) is 14.1. The number of fused-ring (bicyclic) bond motifs is 1. The molecule has 4 heteroatoms. The van der Waals surface area contributed by atoms with E-state index in [2.05, 4.69) is 51.0 Å². The zero-order chi connectivity index (χ0) is 16.2. The Kier molecular flexibility index (Phi) is 4.65. The van der Waals surface area contributed by atoms with Crippen LogP contribution in [0.5, 0.6) is 0 Å². The van der Waals surface area contributed by atoms with Gasteiger partial charge in [-0.05, 0) is 54.6 Å². The number of allylic oxidation sites excluding steroid dienone is 2. The normalized spacial score (nSPS) is 19.0. The van der Waals surface area contributed by atoms with Crippen LogP contribution in [0.4, 0.5) is 0 Å². The summed E-state index contributed by atoms with van der Waals surface area (Å²) in [7, 11) is 0. The summed E-state index contributed by atoms with van der Waals surface area (Å²) in [4.78, 5) is 7.47. The number of imidazole rings is 1. The molecular formula is C20H26N4. The second kappa shape index (κ2) is 7.22. The minimum Gasteiger partial charge on any atom is -0.381 e. The van der Waals surface area contributed by atoms with Crippen molar-refractivity contribution < 1.29 is 0 Å². The summed E-state index contributed by atoms with van der Waals surface area (Å²) in [5, 5.41) is 7.19. The number of hydrogen-bond acceptors (Lipinski definition) is 3. The van der Waals surface area contributed by atoms with Crippen molar-refractivity contribution in [3.8, 4) is 0 Å². The van der Waals surface area contributed by atoms with Gasteiger partial charge >= 0.3 is 0 Å². The molecule has 126 valence electrons. The van der Waals surface area contributed by atoms with E-state index in [4.69, 9.17) is 0 Å². The Hall–Kier alpha value is -2.07. The van der Waals surface area contributed by atoms with Crippen molar-refractivity contribution in [1.82, 2.24) is 20.6 Å². The number of rotatable bonds is 5. The van der Waals surface area contributed by atoms with Gasteiger partial charge in [-0.3, -0.25) is 0 Å². The van der Waals surface area contributed by atoms with Crippen LogP contribution in [-0.2, 0) is 0 Å². The molecule has 1 fully saturated rings. The largest absolute Gasteiger partial charge is 0.381 e. The van der Waals surface area contributed by atoms with Crippen LogP contribution < -0.4 is 10.6 Å². The molecule has 0 amide bonds. The maximum Gasteiger partial charge on any atom is 0.0931 e. The van der Waals surface area contributed by atoms with Gasteiger partial charge in [-0.15, -0.1) is 0 Å². The maximum absolute atomic E-state index is 4.34. The predicted octanol–water partition coefficient (Wildman–Crippen LogP) is 3.60. The summed E-state index contributed by atoms with van der Waals surface area (Å²) in [5.41, 5.74) is 5.89. The Bertz CT molecular complexity index is 750. The molecule has 2 heterocycles. The first kappa shape index (κ1) is 15.5. The van der Waals surface area contributed by atoms with Crippen LogP contribution in [0.15, 0.2) is 42.3 Å². The molecule has 0 unspecified atom stereocenters. The third-order valence-electron chi connectivity index (χ3n) is 5.23. The van der Waals surface area contributed by atoms with Crippen LogP contribution in [0, 0.1) is 5.92 Å². The van der Waals surface area contributed by atoms with Crippen LogP contribution in [0.25, 0.3) is 16.7 Å². The first-order valence-electron chi connectivity index (χ1n) is 9.16. The Balaban J connectivity index is 1.34. The smallest absolute Gasteiger partial charge is 0.0931 e. The quantitative estimate of drug-likeness (QED) is 0.788. The summed E-state index contributed by atoms with van der Waals surface area (Å²) < 4.78 is 0. The number of nitrogens with zero attached hydrogens (tertiary/aromatic N) is 1. The average molecular weight is 322 g/mol. The minimum absolute atomic E-state index is 0.891. The van der Waals surface area contributed by atoms with Crippen molar-refractivity contribution in [3.05, 3.63) is 47.8 Å². The number of aromatic nitrogens is 2. The van der Waals surface area contributed by atoms with E-state index in [1.807, 2.05) is 0 Å². The number of aromatic amines is 1. The Labute approximate surface area is 143 Å². The molecule has 0 atom stereocenters. The fraction of sp³-hybridized carbons (Fsp3) is 0.450. The van der Waals surface area contributed by atoms with E-state index in [-0.39, 0.29) is 0 Å². The number of hydrogen-bond donors (Lipinski definition) is 3. The molecule has 3 N–H and O–H groups in total. The van der Waals surface area contributed by atoms with E-state index in [1.165, 1.54) is 55.5 Å². The minimum atomic E-state index is 0.891. The van der Waals surface area contributed by atoms with E-state index in [0.29, 0.717) is 0 Å². The van der Waals surface area contributed by atoms with Gasteiger partial charge in [0.1, 0.15) is 0 Å². The molecule has 24 heavy (non-hydrogen) atoms. The number of dihydropyridines is 1. The summed E-state index contributed by atoms with van der Waals surface area (Å²) in [6, 6.07) is 6.36. The fourth-order valence-electron chi connectivity index (χ4n) is 3.78. The van der Waals surface area contributed by atoms with Crippen molar-refractivity contribution in [1.29, 1.82) is 0 Å². The molecule has 2 aromatic rings. The second-order valence-electron chi connectivity index (χ2n) is 7.03. The predicted molar refractivity (Wildman–Crippen MR) is 99.6 cm³/mol. The molecule has 2 aliphatic rings. The SMILES string of the molecule is C1=C(CNCC2CCCCC2)CNC(c2ccc3[nH]cnc3c2)=C1. The van der Waals surface area contributed by atoms with E-state index >= 15 is 0 Å². The first-order chi connectivity index (χ1) is 11.9. The van der Waals surface area contributed by atoms with Gasteiger partial charge in [0, 0.05) is 18.8 Å². The van der Waals surface area contributed by atoms with Crippen LogP contribution in [0.3, 0.4) is 0 Å². The molecule has 0 bridgehead atoms. The molecule has 4 rings (SSSR count). The van der Waals surface area contributed by atoms with Gasteiger partial charge in [-0.25, -0.2) is 4.98 Å². The highest BCUT2D eigenvalue weighted by molar-refractivity contribution is 5.80.